The minimum Gasteiger partial charge on any atom is -0.343 e. The molecule has 1 aromatic rings. The number of rotatable bonds is 3. The smallest absolute Gasteiger partial charge is 0.246 e. The van der Waals surface area contributed by atoms with Crippen LogP contribution in [0.25, 0.3) is 0 Å². The van der Waals surface area contributed by atoms with Crippen molar-refractivity contribution in [1.82, 2.24) is 19.0 Å². The zero-order valence-electron chi connectivity index (χ0n) is 13.8. The third-order valence-corrected chi connectivity index (χ3v) is 6.66. The minimum absolute atomic E-state index is 0.0141. The van der Waals surface area contributed by atoms with E-state index in [0.29, 0.717) is 42.2 Å². The van der Waals surface area contributed by atoms with Gasteiger partial charge in [0.25, 0.3) is 0 Å². The third kappa shape index (κ3) is 2.89. The van der Waals surface area contributed by atoms with E-state index in [1.165, 1.54) is 11.2 Å². The van der Waals surface area contributed by atoms with Crippen LogP contribution in [0.1, 0.15) is 31.2 Å². The van der Waals surface area contributed by atoms with Crippen molar-refractivity contribution < 1.29 is 13.2 Å². The standard InChI is InChI=1S/C14H24N4O3S/c1-10-14(11(2)17(5)15-10)22(20,21)18-8-6-13(7-9-18)16(4)12(3)19/h13H,6-9H2,1-5H3. The Morgan fingerprint density at radius 2 is 1.82 bits per heavy atom. The summed E-state index contributed by atoms with van der Waals surface area (Å²) in [5.41, 5.74) is 1.18. The molecule has 7 nitrogen and oxygen atoms in total. The molecule has 2 rings (SSSR count). The van der Waals surface area contributed by atoms with E-state index in [1.54, 1.807) is 37.5 Å². The van der Waals surface area contributed by atoms with E-state index >= 15 is 0 Å². The Bertz CT molecular complexity index is 673. The van der Waals surface area contributed by atoms with Crippen LogP contribution in [0.15, 0.2) is 4.90 Å². The molecule has 0 spiro atoms. The average Bonchev–Trinajstić information content (AvgIpc) is 2.71. The van der Waals surface area contributed by atoms with Crippen LogP contribution in [-0.4, -0.2) is 59.5 Å². The molecule has 0 aromatic carbocycles. The Morgan fingerprint density at radius 3 is 2.23 bits per heavy atom. The number of aryl methyl sites for hydroxylation is 2. The minimum atomic E-state index is -3.53. The van der Waals surface area contributed by atoms with Crippen molar-refractivity contribution in [2.24, 2.45) is 7.05 Å². The highest BCUT2D eigenvalue weighted by atomic mass is 32.2. The topological polar surface area (TPSA) is 75.5 Å². The quantitative estimate of drug-likeness (QED) is 0.817. The van der Waals surface area contributed by atoms with Gasteiger partial charge in [-0.1, -0.05) is 0 Å². The van der Waals surface area contributed by atoms with Crippen molar-refractivity contribution in [3.05, 3.63) is 11.4 Å². The lowest BCUT2D eigenvalue weighted by Crippen LogP contribution is -2.46. The van der Waals surface area contributed by atoms with Crippen LogP contribution in [0.2, 0.25) is 0 Å². The maximum atomic E-state index is 12.8. The highest BCUT2D eigenvalue weighted by molar-refractivity contribution is 7.89. The number of hydrogen-bond donors (Lipinski definition) is 0. The first-order valence-corrected chi connectivity index (χ1v) is 8.84. The predicted molar refractivity (Wildman–Crippen MR) is 82.9 cm³/mol. The Labute approximate surface area is 131 Å². The van der Waals surface area contributed by atoms with Crippen molar-refractivity contribution in [2.45, 2.75) is 44.6 Å². The van der Waals surface area contributed by atoms with Gasteiger partial charge in [0.1, 0.15) is 4.90 Å². The van der Waals surface area contributed by atoms with E-state index in [9.17, 15) is 13.2 Å². The summed E-state index contributed by atoms with van der Waals surface area (Å²) < 4.78 is 28.8. The van der Waals surface area contributed by atoms with Crippen molar-refractivity contribution in [3.63, 3.8) is 0 Å². The molecule has 0 N–H and O–H groups in total. The predicted octanol–water partition coefficient (Wildman–Crippen LogP) is 0.668. The molecule has 0 atom stereocenters. The lowest BCUT2D eigenvalue weighted by atomic mass is 10.1. The first-order valence-electron chi connectivity index (χ1n) is 7.40. The first-order chi connectivity index (χ1) is 10.2. The van der Waals surface area contributed by atoms with E-state index in [2.05, 4.69) is 5.10 Å². The molecule has 0 saturated carbocycles. The highest BCUT2D eigenvalue weighted by Gasteiger charge is 2.34. The second-order valence-corrected chi connectivity index (χ2v) is 7.76. The van der Waals surface area contributed by atoms with Crippen LogP contribution in [0.5, 0.6) is 0 Å². The van der Waals surface area contributed by atoms with Crippen LogP contribution in [0.3, 0.4) is 0 Å². The van der Waals surface area contributed by atoms with Crippen LogP contribution >= 0.6 is 0 Å². The van der Waals surface area contributed by atoms with Gasteiger partial charge >= 0.3 is 0 Å². The zero-order valence-corrected chi connectivity index (χ0v) is 14.6. The molecule has 1 aliphatic rings. The number of aromatic nitrogens is 2. The molecular weight excluding hydrogens is 304 g/mol. The van der Waals surface area contributed by atoms with Gasteiger partial charge in [0.15, 0.2) is 0 Å². The zero-order chi connectivity index (χ0) is 16.7. The number of sulfonamides is 1. The Hall–Kier alpha value is -1.41. The van der Waals surface area contributed by atoms with Crippen LogP contribution in [0.4, 0.5) is 0 Å². The fourth-order valence-corrected chi connectivity index (χ4v) is 4.85. The van der Waals surface area contributed by atoms with E-state index in [-0.39, 0.29) is 11.9 Å². The summed E-state index contributed by atoms with van der Waals surface area (Å²) in [6.45, 7) is 5.88. The molecule has 2 heterocycles. The molecule has 124 valence electrons. The summed E-state index contributed by atoms with van der Waals surface area (Å²) in [4.78, 5) is 13.4. The van der Waals surface area contributed by atoms with Crippen molar-refractivity contribution in [1.29, 1.82) is 0 Å². The van der Waals surface area contributed by atoms with Gasteiger partial charge in [-0.2, -0.15) is 9.40 Å². The van der Waals surface area contributed by atoms with Gasteiger partial charge in [0.05, 0.1) is 11.4 Å². The van der Waals surface area contributed by atoms with Crippen LogP contribution in [0, 0.1) is 13.8 Å². The lowest BCUT2D eigenvalue weighted by molar-refractivity contribution is -0.130. The number of hydrogen-bond acceptors (Lipinski definition) is 4. The maximum Gasteiger partial charge on any atom is 0.246 e. The largest absolute Gasteiger partial charge is 0.343 e. The maximum absolute atomic E-state index is 12.8. The van der Waals surface area contributed by atoms with Gasteiger partial charge in [-0.15, -0.1) is 0 Å². The molecule has 1 saturated heterocycles. The highest BCUT2D eigenvalue weighted by Crippen LogP contribution is 2.26. The monoisotopic (exact) mass is 328 g/mol. The SMILES string of the molecule is CC(=O)N(C)C1CCN(S(=O)(=O)c2c(C)nn(C)c2C)CC1. The molecule has 0 radical (unpaired) electrons. The van der Waals surface area contributed by atoms with Gasteiger partial charge in [0, 0.05) is 40.2 Å². The van der Waals surface area contributed by atoms with Crippen LogP contribution in [-0.2, 0) is 21.9 Å². The Kier molecular flexibility index (Phi) is 4.62. The molecule has 1 aliphatic heterocycles. The van der Waals surface area contributed by atoms with E-state index < -0.39 is 10.0 Å². The van der Waals surface area contributed by atoms with Gasteiger partial charge in [-0.3, -0.25) is 9.48 Å². The second-order valence-electron chi connectivity index (χ2n) is 5.89. The van der Waals surface area contributed by atoms with Gasteiger partial charge in [-0.05, 0) is 26.7 Å². The number of nitrogens with zero attached hydrogens (tertiary/aromatic N) is 4. The number of carbonyl (C=O) groups is 1. The van der Waals surface area contributed by atoms with Crippen molar-refractivity contribution in [2.75, 3.05) is 20.1 Å². The van der Waals surface area contributed by atoms with E-state index in [4.69, 9.17) is 0 Å². The Morgan fingerprint density at radius 1 is 1.27 bits per heavy atom. The molecule has 8 heteroatoms. The second kappa shape index (κ2) is 6.00. The molecule has 1 aromatic heterocycles. The molecule has 0 aliphatic carbocycles. The lowest BCUT2D eigenvalue weighted by Gasteiger charge is -2.35. The summed E-state index contributed by atoms with van der Waals surface area (Å²) in [5.74, 6) is 0.0141. The molecule has 1 amide bonds. The summed E-state index contributed by atoms with van der Waals surface area (Å²) in [5, 5.41) is 4.20. The average molecular weight is 328 g/mol. The fourth-order valence-electron chi connectivity index (χ4n) is 2.98. The van der Waals surface area contributed by atoms with Gasteiger partial charge < -0.3 is 4.90 Å². The number of amides is 1. The summed E-state index contributed by atoms with van der Waals surface area (Å²) in [6, 6.07) is 0.111. The van der Waals surface area contributed by atoms with Crippen LogP contribution < -0.4 is 0 Å². The summed E-state index contributed by atoms with van der Waals surface area (Å²) in [7, 11) is -0.00951. The molecular formula is C14H24N4O3S. The Balaban J connectivity index is 2.18. The van der Waals surface area contributed by atoms with E-state index in [1.807, 2.05) is 0 Å². The third-order valence-electron chi connectivity index (χ3n) is 4.51. The molecule has 0 unspecified atom stereocenters. The molecule has 22 heavy (non-hydrogen) atoms. The van der Waals surface area contributed by atoms with Crippen molar-refractivity contribution >= 4 is 15.9 Å². The van der Waals surface area contributed by atoms with Gasteiger partial charge in [0.2, 0.25) is 15.9 Å². The summed E-state index contributed by atoms with van der Waals surface area (Å²) >= 11 is 0. The van der Waals surface area contributed by atoms with E-state index in [0.717, 1.165) is 0 Å². The first kappa shape index (κ1) is 17.0. The van der Waals surface area contributed by atoms with Crippen molar-refractivity contribution in [3.8, 4) is 0 Å². The fraction of sp³-hybridized carbons (Fsp3) is 0.714. The summed E-state index contributed by atoms with van der Waals surface area (Å²) in [6.07, 6.45) is 1.32. The normalized spacial score (nSPS) is 17.7. The number of carbonyl (C=O) groups excluding carboxylic acids is 1. The van der Waals surface area contributed by atoms with Gasteiger partial charge in [-0.25, -0.2) is 8.42 Å². The molecule has 0 bridgehead atoms. The number of piperidine rings is 1. The molecule has 1 fully saturated rings.